The lowest BCUT2D eigenvalue weighted by atomic mass is 9.71. The molecule has 0 radical (unpaired) electrons. The Hall–Kier alpha value is -3.35. The van der Waals surface area contributed by atoms with Gasteiger partial charge in [-0.15, -0.1) is 0 Å². The average Bonchev–Trinajstić information content (AvgIpc) is 3.46. The second-order valence-corrected chi connectivity index (χ2v) is 10.6. The van der Waals surface area contributed by atoms with Crippen LogP contribution in [0.3, 0.4) is 0 Å². The first kappa shape index (κ1) is 22.1. The highest BCUT2D eigenvalue weighted by molar-refractivity contribution is 5.82. The summed E-state index contributed by atoms with van der Waals surface area (Å²) in [5.41, 5.74) is 4.74. The highest BCUT2D eigenvalue weighted by Crippen LogP contribution is 2.50. The molecule has 0 saturated heterocycles. The van der Waals surface area contributed by atoms with E-state index >= 15 is 0 Å². The number of carboxylic acids is 1. The van der Waals surface area contributed by atoms with Gasteiger partial charge in [0.1, 0.15) is 6.61 Å². The van der Waals surface area contributed by atoms with Crippen molar-refractivity contribution in [2.45, 2.75) is 37.6 Å². The number of nitrogens with one attached hydrogen (secondary N) is 2. The summed E-state index contributed by atoms with van der Waals surface area (Å²) in [4.78, 5) is 36.3. The highest BCUT2D eigenvalue weighted by Gasteiger charge is 2.51. The molecule has 4 aliphatic carbocycles. The average molecular weight is 475 g/mol. The van der Waals surface area contributed by atoms with Gasteiger partial charge in [0.05, 0.1) is 5.92 Å². The largest absolute Gasteiger partial charge is 0.481 e. The van der Waals surface area contributed by atoms with Crippen LogP contribution in [-0.2, 0) is 14.3 Å². The summed E-state index contributed by atoms with van der Waals surface area (Å²) >= 11 is 0. The Balaban J connectivity index is 0.950. The Labute approximate surface area is 204 Å². The number of ether oxygens (including phenoxy) is 1. The Kier molecular flexibility index (Phi) is 5.50. The van der Waals surface area contributed by atoms with Crippen LogP contribution in [0.15, 0.2) is 48.5 Å². The van der Waals surface area contributed by atoms with Crippen molar-refractivity contribution in [1.82, 2.24) is 10.6 Å². The van der Waals surface area contributed by atoms with Crippen molar-refractivity contribution < 1.29 is 24.2 Å². The van der Waals surface area contributed by atoms with Crippen molar-refractivity contribution in [1.29, 1.82) is 0 Å². The molecule has 7 nitrogen and oxygen atoms in total. The molecule has 182 valence electrons. The van der Waals surface area contributed by atoms with E-state index in [1.54, 1.807) is 0 Å². The molecule has 2 aromatic rings. The van der Waals surface area contributed by atoms with Crippen molar-refractivity contribution in [3.63, 3.8) is 0 Å². The Bertz CT molecular complexity index is 1130. The molecule has 2 amide bonds. The number of carbonyl (C=O) groups excluding carboxylic acids is 2. The third-order valence-corrected chi connectivity index (χ3v) is 8.61. The number of hydrogen-bond acceptors (Lipinski definition) is 4. The van der Waals surface area contributed by atoms with E-state index in [0.717, 1.165) is 19.3 Å². The Morgan fingerprint density at radius 2 is 1.60 bits per heavy atom. The molecule has 3 fully saturated rings. The van der Waals surface area contributed by atoms with Crippen LogP contribution < -0.4 is 10.6 Å². The second kappa shape index (κ2) is 8.70. The van der Waals surface area contributed by atoms with Crippen LogP contribution in [0.25, 0.3) is 11.1 Å². The van der Waals surface area contributed by atoms with Crippen molar-refractivity contribution in [3.8, 4) is 11.1 Å². The van der Waals surface area contributed by atoms with Crippen molar-refractivity contribution in [3.05, 3.63) is 59.7 Å². The zero-order valence-electron chi connectivity index (χ0n) is 19.5. The quantitative estimate of drug-likeness (QED) is 0.567. The fourth-order valence-corrected chi connectivity index (χ4v) is 6.54. The van der Waals surface area contributed by atoms with Gasteiger partial charge >= 0.3 is 12.1 Å². The Morgan fingerprint density at radius 3 is 2.29 bits per heavy atom. The van der Waals surface area contributed by atoms with Gasteiger partial charge in [0.25, 0.3) is 0 Å². The first-order valence-corrected chi connectivity index (χ1v) is 12.6. The van der Waals surface area contributed by atoms with Crippen LogP contribution in [0.5, 0.6) is 0 Å². The Morgan fingerprint density at radius 1 is 0.914 bits per heavy atom. The molecule has 6 atom stereocenters. The van der Waals surface area contributed by atoms with E-state index in [1.165, 1.54) is 22.3 Å². The molecular formula is C28H30N2O5. The number of amides is 2. The van der Waals surface area contributed by atoms with E-state index in [2.05, 4.69) is 34.9 Å². The molecule has 2 aromatic carbocycles. The van der Waals surface area contributed by atoms with Gasteiger partial charge in [0.2, 0.25) is 5.91 Å². The van der Waals surface area contributed by atoms with Crippen LogP contribution in [-0.4, -0.2) is 42.3 Å². The zero-order valence-corrected chi connectivity index (χ0v) is 19.5. The summed E-state index contributed by atoms with van der Waals surface area (Å²) in [6.45, 7) is 0.697. The summed E-state index contributed by atoms with van der Waals surface area (Å²) in [6.07, 6.45) is 2.60. The molecule has 4 unspecified atom stereocenters. The van der Waals surface area contributed by atoms with Gasteiger partial charge in [0.15, 0.2) is 0 Å². The molecule has 0 aliphatic heterocycles. The van der Waals surface area contributed by atoms with Gasteiger partial charge < -0.3 is 20.5 Å². The molecular weight excluding hydrogens is 444 g/mol. The highest BCUT2D eigenvalue weighted by atomic mass is 16.5. The van der Waals surface area contributed by atoms with E-state index in [1.807, 2.05) is 24.3 Å². The summed E-state index contributed by atoms with van der Waals surface area (Å²) in [6, 6.07) is 16.6. The maximum atomic E-state index is 12.6. The SMILES string of the molecule is O=C(NC[C@H]1C[C@H]1C(=O)NC1CC2CC(C(=O)O)CC21)OCC1c2ccccc2-c2ccccc21. The molecule has 0 heterocycles. The van der Waals surface area contributed by atoms with Crippen LogP contribution in [0.4, 0.5) is 4.79 Å². The number of rotatable bonds is 7. The van der Waals surface area contributed by atoms with Crippen LogP contribution >= 0.6 is 0 Å². The van der Waals surface area contributed by atoms with Crippen LogP contribution in [0.1, 0.15) is 42.7 Å². The summed E-state index contributed by atoms with van der Waals surface area (Å²) in [5, 5.41) is 15.2. The molecule has 3 saturated carbocycles. The van der Waals surface area contributed by atoms with Gasteiger partial charge in [-0.1, -0.05) is 48.5 Å². The second-order valence-electron chi connectivity index (χ2n) is 10.6. The molecule has 7 heteroatoms. The van der Waals surface area contributed by atoms with Gasteiger partial charge in [-0.25, -0.2) is 4.79 Å². The number of carbonyl (C=O) groups is 3. The fraction of sp³-hybridized carbons (Fsp3) is 0.464. The topological polar surface area (TPSA) is 105 Å². The number of aliphatic carboxylic acids is 1. The summed E-state index contributed by atoms with van der Waals surface area (Å²) < 4.78 is 5.58. The van der Waals surface area contributed by atoms with E-state index in [0.29, 0.717) is 24.8 Å². The minimum Gasteiger partial charge on any atom is -0.481 e. The van der Waals surface area contributed by atoms with Gasteiger partial charge in [-0.3, -0.25) is 9.59 Å². The lowest BCUT2D eigenvalue weighted by molar-refractivity contribution is -0.141. The normalized spacial score (nSPS) is 29.8. The predicted molar refractivity (Wildman–Crippen MR) is 129 cm³/mol. The zero-order chi connectivity index (χ0) is 24.1. The third-order valence-electron chi connectivity index (χ3n) is 8.61. The molecule has 0 spiro atoms. The summed E-state index contributed by atoms with van der Waals surface area (Å²) in [5.74, 6) is -0.140. The van der Waals surface area contributed by atoms with Gasteiger partial charge in [0, 0.05) is 24.4 Å². The third kappa shape index (κ3) is 4.07. The maximum Gasteiger partial charge on any atom is 0.407 e. The molecule has 6 rings (SSSR count). The fourth-order valence-electron chi connectivity index (χ4n) is 6.54. The number of carboxylic acid groups (broad SMARTS) is 1. The number of alkyl carbamates (subject to hydrolysis) is 1. The number of fused-ring (bicyclic) bond motifs is 4. The molecule has 4 aliphatic rings. The van der Waals surface area contributed by atoms with Crippen LogP contribution in [0.2, 0.25) is 0 Å². The van der Waals surface area contributed by atoms with E-state index in [9.17, 15) is 19.5 Å². The van der Waals surface area contributed by atoms with E-state index in [-0.39, 0.29) is 42.2 Å². The lowest BCUT2D eigenvalue weighted by Crippen LogP contribution is -2.51. The molecule has 0 aromatic heterocycles. The van der Waals surface area contributed by atoms with E-state index < -0.39 is 12.1 Å². The number of hydrogen-bond donors (Lipinski definition) is 3. The monoisotopic (exact) mass is 474 g/mol. The maximum absolute atomic E-state index is 12.6. The predicted octanol–water partition coefficient (Wildman–Crippen LogP) is 3.78. The number of benzene rings is 2. The van der Waals surface area contributed by atoms with Crippen molar-refractivity contribution >= 4 is 18.0 Å². The van der Waals surface area contributed by atoms with Crippen molar-refractivity contribution in [2.24, 2.45) is 29.6 Å². The van der Waals surface area contributed by atoms with Gasteiger partial charge in [-0.05, 0) is 65.7 Å². The first-order valence-electron chi connectivity index (χ1n) is 12.6. The van der Waals surface area contributed by atoms with E-state index in [4.69, 9.17) is 4.74 Å². The molecule has 3 N–H and O–H groups in total. The minimum atomic E-state index is -0.717. The molecule has 35 heavy (non-hydrogen) atoms. The standard InChI is InChI=1S/C28H30N2O5/c31-26(30-25-12-15-9-16(27(32)33)10-22(15)25)23-11-17(23)13-29-28(34)35-14-24-20-7-3-1-5-18(20)19-6-2-4-8-21(19)24/h1-8,15-17,22-25H,9-14H2,(H,29,34)(H,30,31)(H,32,33)/t15?,16?,17-,22?,23-,25?/m1/s1. The smallest absolute Gasteiger partial charge is 0.407 e. The van der Waals surface area contributed by atoms with Gasteiger partial charge in [-0.2, -0.15) is 0 Å². The lowest BCUT2D eigenvalue weighted by Gasteiger charge is -2.40. The first-order chi connectivity index (χ1) is 17.0. The summed E-state index contributed by atoms with van der Waals surface area (Å²) in [7, 11) is 0. The van der Waals surface area contributed by atoms with Crippen molar-refractivity contribution in [2.75, 3.05) is 13.2 Å². The molecule has 0 bridgehead atoms. The minimum absolute atomic E-state index is 0.0233. The van der Waals surface area contributed by atoms with Crippen LogP contribution in [0, 0.1) is 29.6 Å².